The first-order chi connectivity index (χ1) is 13.0. The van der Waals surface area contributed by atoms with E-state index in [1.54, 1.807) is 0 Å². The molecule has 1 atom stereocenters. The molecule has 3 aromatic rings. The molecule has 0 radical (unpaired) electrons. The van der Waals surface area contributed by atoms with Gasteiger partial charge in [0.25, 0.3) is 5.91 Å². The van der Waals surface area contributed by atoms with E-state index >= 15 is 0 Å². The fourth-order valence-corrected chi connectivity index (χ4v) is 4.03. The van der Waals surface area contributed by atoms with Gasteiger partial charge in [-0.1, -0.05) is 24.3 Å². The Balaban J connectivity index is 1.52. The highest BCUT2D eigenvalue weighted by Crippen LogP contribution is 2.24. The minimum absolute atomic E-state index is 0.137. The quantitative estimate of drug-likeness (QED) is 0.745. The molecule has 27 heavy (non-hydrogen) atoms. The number of piperidine rings is 1. The van der Waals surface area contributed by atoms with E-state index in [-0.39, 0.29) is 5.91 Å². The Bertz CT molecular complexity index is 988. The molecule has 2 aromatic carbocycles. The second kappa shape index (κ2) is 7.10. The molecule has 1 N–H and O–H groups in total. The Hall–Kier alpha value is -2.75. The molecule has 4 heteroatoms. The van der Waals surface area contributed by atoms with Gasteiger partial charge in [0.2, 0.25) is 0 Å². The van der Waals surface area contributed by atoms with Crippen LogP contribution in [0.5, 0.6) is 0 Å². The number of nitrogens with one attached hydrogen (secondary N) is 1. The summed E-state index contributed by atoms with van der Waals surface area (Å²) in [5, 5.41) is 4.66. The number of hydrogen-bond acceptors (Lipinski definition) is 2. The number of aryl methyl sites for hydroxylation is 3. The standard InChI is InChI=1S/C23H27N3O/c1-16-10-11-18(13-17(16)2)24-19-7-6-12-26(14-19)23(27)21-15-25(3)22-9-5-4-8-20(21)22/h4-5,8-11,13,15,19,24H,6-7,12,14H2,1-3H3/t19-/m1/s1. The van der Waals surface area contributed by atoms with E-state index in [2.05, 4.69) is 43.4 Å². The summed E-state index contributed by atoms with van der Waals surface area (Å²) < 4.78 is 2.04. The van der Waals surface area contributed by atoms with E-state index in [9.17, 15) is 4.79 Å². The lowest BCUT2D eigenvalue weighted by molar-refractivity contribution is 0.0716. The van der Waals surface area contributed by atoms with E-state index in [0.717, 1.165) is 48.1 Å². The lowest BCUT2D eigenvalue weighted by Gasteiger charge is -2.33. The molecule has 1 saturated heterocycles. The van der Waals surface area contributed by atoms with Crippen molar-refractivity contribution in [2.24, 2.45) is 7.05 Å². The number of fused-ring (bicyclic) bond motifs is 1. The summed E-state index contributed by atoms with van der Waals surface area (Å²) in [6.07, 6.45) is 4.08. The maximum atomic E-state index is 13.2. The first-order valence-electron chi connectivity index (χ1n) is 9.70. The lowest BCUT2D eigenvalue weighted by atomic mass is 10.0. The minimum Gasteiger partial charge on any atom is -0.381 e. The molecule has 1 fully saturated rings. The fourth-order valence-electron chi connectivity index (χ4n) is 4.03. The Morgan fingerprint density at radius 3 is 2.74 bits per heavy atom. The minimum atomic E-state index is 0.137. The van der Waals surface area contributed by atoms with Crippen LogP contribution in [0.15, 0.2) is 48.7 Å². The molecule has 1 aliphatic heterocycles. The van der Waals surface area contributed by atoms with E-state index in [1.165, 1.54) is 11.1 Å². The van der Waals surface area contributed by atoms with Gasteiger partial charge in [-0.15, -0.1) is 0 Å². The van der Waals surface area contributed by atoms with Gasteiger partial charge >= 0.3 is 0 Å². The van der Waals surface area contributed by atoms with Crippen molar-refractivity contribution < 1.29 is 4.79 Å². The average Bonchev–Trinajstić information content (AvgIpc) is 3.01. The summed E-state index contributed by atoms with van der Waals surface area (Å²) in [6.45, 7) is 5.84. The molecular weight excluding hydrogens is 334 g/mol. The third kappa shape index (κ3) is 3.44. The van der Waals surface area contributed by atoms with Gasteiger partial charge in [0.05, 0.1) is 5.56 Å². The van der Waals surface area contributed by atoms with Crippen LogP contribution in [0, 0.1) is 13.8 Å². The molecule has 0 unspecified atom stereocenters. The van der Waals surface area contributed by atoms with Crippen molar-refractivity contribution in [3.8, 4) is 0 Å². The van der Waals surface area contributed by atoms with Crippen LogP contribution in [0.4, 0.5) is 5.69 Å². The summed E-state index contributed by atoms with van der Waals surface area (Å²) in [7, 11) is 2.00. The monoisotopic (exact) mass is 361 g/mol. The molecule has 4 rings (SSSR count). The maximum Gasteiger partial charge on any atom is 0.256 e. The van der Waals surface area contributed by atoms with Crippen LogP contribution in [0.25, 0.3) is 10.9 Å². The second-order valence-electron chi connectivity index (χ2n) is 7.70. The zero-order chi connectivity index (χ0) is 19.0. The summed E-state index contributed by atoms with van der Waals surface area (Å²) >= 11 is 0. The van der Waals surface area contributed by atoms with Crippen molar-refractivity contribution in [1.82, 2.24) is 9.47 Å². The number of carbonyl (C=O) groups excluding carboxylic acids is 1. The number of amides is 1. The predicted octanol–water partition coefficient (Wildman–Crippen LogP) is 4.51. The highest BCUT2D eigenvalue weighted by atomic mass is 16.2. The van der Waals surface area contributed by atoms with Gasteiger partial charge in [-0.2, -0.15) is 0 Å². The first-order valence-corrected chi connectivity index (χ1v) is 9.70. The fraction of sp³-hybridized carbons (Fsp3) is 0.348. The van der Waals surface area contributed by atoms with Crippen molar-refractivity contribution in [2.75, 3.05) is 18.4 Å². The SMILES string of the molecule is Cc1ccc(N[C@@H]2CCCN(C(=O)c3cn(C)c4ccccc34)C2)cc1C. The summed E-state index contributed by atoms with van der Waals surface area (Å²) in [5.41, 5.74) is 5.64. The molecule has 4 nitrogen and oxygen atoms in total. The predicted molar refractivity (Wildman–Crippen MR) is 111 cm³/mol. The van der Waals surface area contributed by atoms with Gasteiger partial charge in [0.1, 0.15) is 0 Å². The number of para-hydroxylation sites is 1. The topological polar surface area (TPSA) is 37.3 Å². The van der Waals surface area contributed by atoms with E-state index in [1.807, 2.05) is 40.9 Å². The number of anilines is 1. The zero-order valence-corrected chi connectivity index (χ0v) is 16.3. The third-order valence-electron chi connectivity index (χ3n) is 5.71. The lowest BCUT2D eigenvalue weighted by Crippen LogP contribution is -2.45. The van der Waals surface area contributed by atoms with Crippen LogP contribution in [-0.4, -0.2) is 34.5 Å². The average molecular weight is 361 g/mol. The van der Waals surface area contributed by atoms with Gasteiger partial charge < -0.3 is 14.8 Å². The van der Waals surface area contributed by atoms with Gasteiger partial charge in [-0.25, -0.2) is 0 Å². The maximum absolute atomic E-state index is 13.2. The van der Waals surface area contributed by atoms with Crippen LogP contribution < -0.4 is 5.32 Å². The Kier molecular flexibility index (Phi) is 4.65. The number of aromatic nitrogens is 1. The van der Waals surface area contributed by atoms with Gasteiger partial charge in [-0.05, 0) is 56.0 Å². The summed E-state index contributed by atoms with van der Waals surface area (Å²) in [4.78, 5) is 15.2. The first kappa shape index (κ1) is 17.7. The molecule has 0 aliphatic carbocycles. The van der Waals surface area contributed by atoms with Gasteiger partial charge in [0, 0.05) is 49.0 Å². The molecule has 140 valence electrons. The molecule has 0 saturated carbocycles. The number of rotatable bonds is 3. The highest BCUT2D eigenvalue weighted by molar-refractivity contribution is 6.07. The van der Waals surface area contributed by atoms with Crippen LogP contribution in [0.2, 0.25) is 0 Å². The van der Waals surface area contributed by atoms with Crippen molar-refractivity contribution in [3.63, 3.8) is 0 Å². The van der Waals surface area contributed by atoms with E-state index < -0.39 is 0 Å². The third-order valence-corrected chi connectivity index (χ3v) is 5.71. The van der Waals surface area contributed by atoms with Crippen molar-refractivity contribution in [2.45, 2.75) is 32.7 Å². The van der Waals surface area contributed by atoms with Gasteiger partial charge in [0.15, 0.2) is 0 Å². The number of likely N-dealkylation sites (tertiary alicyclic amines) is 1. The molecule has 1 amide bonds. The largest absolute Gasteiger partial charge is 0.381 e. The van der Waals surface area contributed by atoms with Crippen LogP contribution >= 0.6 is 0 Å². The van der Waals surface area contributed by atoms with Crippen LogP contribution in [0.3, 0.4) is 0 Å². The summed E-state index contributed by atoms with van der Waals surface area (Å²) in [6, 6.07) is 14.9. The Labute approximate surface area is 160 Å². The smallest absolute Gasteiger partial charge is 0.256 e. The van der Waals surface area contributed by atoms with Crippen molar-refractivity contribution in [3.05, 3.63) is 65.4 Å². The number of benzene rings is 2. The Morgan fingerprint density at radius 1 is 1.11 bits per heavy atom. The van der Waals surface area contributed by atoms with Crippen LogP contribution in [0.1, 0.15) is 34.3 Å². The van der Waals surface area contributed by atoms with Gasteiger partial charge in [-0.3, -0.25) is 4.79 Å². The highest BCUT2D eigenvalue weighted by Gasteiger charge is 2.26. The van der Waals surface area contributed by atoms with E-state index in [4.69, 9.17) is 0 Å². The van der Waals surface area contributed by atoms with Crippen molar-refractivity contribution >= 4 is 22.5 Å². The molecular formula is C23H27N3O. The Morgan fingerprint density at radius 2 is 1.93 bits per heavy atom. The normalized spacial score (nSPS) is 17.3. The molecule has 1 aliphatic rings. The van der Waals surface area contributed by atoms with Crippen LogP contribution in [-0.2, 0) is 7.05 Å². The molecule has 0 spiro atoms. The zero-order valence-electron chi connectivity index (χ0n) is 16.3. The van der Waals surface area contributed by atoms with Crippen molar-refractivity contribution in [1.29, 1.82) is 0 Å². The molecule has 2 heterocycles. The number of carbonyl (C=O) groups is 1. The molecule has 0 bridgehead atoms. The molecule has 1 aromatic heterocycles. The second-order valence-corrected chi connectivity index (χ2v) is 7.70. The number of hydrogen-bond donors (Lipinski definition) is 1. The summed E-state index contributed by atoms with van der Waals surface area (Å²) in [5.74, 6) is 0.137. The van der Waals surface area contributed by atoms with E-state index in [0.29, 0.717) is 6.04 Å². The number of nitrogens with zero attached hydrogens (tertiary/aromatic N) is 2.